The topological polar surface area (TPSA) is 66.5 Å². The summed E-state index contributed by atoms with van der Waals surface area (Å²) in [5.41, 5.74) is 0.740. The van der Waals surface area contributed by atoms with E-state index in [2.05, 4.69) is 5.32 Å². The van der Waals surface area contributed by atoms with Crippen molar-refractivity contribution in [3.8, 4) is 0 Å². The number of amides is 1. The van der Waals surface area contributed by atoms with Gasteiger partial charge in [0.05, 0.1) is 15.5 Å². The molecule has 2 aromatic carbocycles. The SMILES string of the molecule is CC(C)N(C)S(=O)(=O)c1ccc(NC(=O)c2ccc(Cl)cc2Cl)cc1. The van der Waals surface area contributed by atoms with Crippen LogP contribution in [0, 0.1) is 0 Å². The maximum Gasteiger partial charge on any atom is 0.257 e. The highest BCUT2D eigenvalue weighted by molar-refractivity contribution is 7.89. The molecule has 1 amide bonds. The van der Waals surface area contributed by atoms with Gasteiger partial charge in [-0.2, -0.15) is 4.31 Å². The van der Waals surface area contributed by atoms with Gasteiger partial charge in [-0.1, -0.05) is 23.2 Å². The van der Waals surface area contributed by atoms with Crippen molar-refractivity contribution in [3.63, 3.8) is 0 Å². The van der Waals surface area contributed by atoms with E-state index in [1.165, 1.54) is 47.8 Å². The molecule has 0 bridgehead atoms. The van der Waals surface area contributed by atoms with Crippen LogP contribution < -0.4 is 5.32 Å². The second kappa shape index (κ2) is 7.74. The van der Waals surface area contributed by atoms with Gasteiger partial charge in [-0.15, -0.1) is 0 Å². The number of sulfonamides is 1. The molecule has 0 unspecified atom stereocenters. The van der Waals surface area contributed by atoms with Crippen LogP contribution in [0.3, 0.4) is 0 Å². The van der Waals surface area contributed by atoms with Gasteiger partial charge in [0.1, 0.15) is 0 Å². The van der Waals surface area contributed by atoms with Crippen molar-refractivity contribution in [3.05, 3.63) is 58.1 Å². The van der Waals surface area contributed by atoms with Crippen LogP contribution in [0.25, 0.3) is 0 Å². The first kappa shape index (κ1) is 19.7. The monoisotopic (exact) mass is 400 g/mol. The van der Waals surface area contributed by atoms with Gasteiger partial charge in [0.2, 0.25) is 10.0 Å². The van der Waals surface area contributed by atoms with Gasteiger partial charge in [0, 0.05) is 23.8 Å². The average molecular weight is 401 g/mol. The maximum absolute atomic E-state index is 12.4. The zero-order valence-electron chi connectivity index (χ0n) is 14.0. The first-order valence-corrected chi connectivity index (χ1v) is 9.67. The first-order chi connectivity index (χ1) is 11.6. The molecule has 0 atom stereocenters. The fourth-order valence-electron chi connectivity index (χ4n) is 2.03. The van der Waals surface area contributed by atoms with Crippen molar-refractivity contribution in [1.82, 2.24) is 4.31 Å². The molecule has 0 spiro atoms. The molecule has 0 aliphatic rings. The van der Waals surface area contributed by atoms with Crippen molar-refractivity contribution in [2.24, 2.45) is 0 Å². The lowest BCUT2D eigenvalue weighted by Crippen LogP contribution is -2.33. The number of anilines is 1. The minimum Gasteiger partial charge on any atom is -0.322 e. The van der Waals surface area contributed by atoms with Gasteiger partial charge >= 0.3 is 0 Å². The number of carbonyl (C=O) groups excluding carboxylic acids is 1. The van der Waals surface area contributed by atoms with Gasteiger partial charge in [0.25, 0.3) is 5.91 Å². The summed E-state index contributed by atoms with van der Waals surface area (Å²) in [6, 6.07) is 10.4. The minimum atomic E-state index is -3.56. The summed E-state index contributed by atoms with van der Waals surface area (Å²) in [4.78, 5) is 12.4. The molecule has 1 N–H and O–H groups in total. The molecule has 134 valence electrons. The lowest BCUT2D eigenvalue weighted by atomic mass is 10.2. The van der Waals surface area contributed by atoms with Crippen LogP contribution in [0.1, 0.15) is 24.2 Å². The zero-order valence-corrected chi connectivity index (χ0v) is 16.3. The Hall–Kier alpha value is -1.60. The third-order valence-corrected chi connectivity index (χ3v) is 6.29. The van der Waals surface area contributed by atoms with Gasteiger partial charge in [-0.05, 0) is 56.3 Å². The molecule has 2 rings (SSSR count). The van der Waals surface area contributed by atoms with Crippen LogP contribution in [0.4, 0.5) is 5.69 Å². The van der Waals surface area contributed by atoms with E-state index in [9.17, 15) is 13.2 Å². The second-order valence-electron chi connectivity index (χ2n) is 5.72. The summed E-state index contributed by atoms with van der Waals surface area (Å²) in [7, 11) is -2.04. The van der Waals surface area contributed by atoms with E-state index in [0.29, 0.717) is 10.7 Å². The molecule has 0 aliphatic heterocycles. The van der Waals surface area contributed by atoms with Crippen LogP contribution in [-0.4, -0.2) is 31.7 Å². The molecular formula is C17H18Cl2N2O3S. The largest absolute Gasteiger partial charge is 0.322 e. The van der Waals surface area contributed by atoms with E-state index in [0.717, 1.165) is 0 Å². The molecule has 0 saturated heterocycles. The lowest BCUT2D eigenvalue weighted by molar-refractivity contribution is 0.102. The Morgan fingerprint density at radius 3 is 2.20 bits per heavy atom. The predicted octanol–water partition coefficient (Wildman–Crippen LogP) is 4.27. The van der Waals surface area contributed by atoms with Gasteiger partial charge in [0.15, 0.2) is 0 Å². The van der Waals surface area contributed by atoms with Crippen LogP contribution in [0.2, 0.25) is 10.0 Å². The molecule has 0 fully saturated rings. The second-order valence-corrected chi connectivity index (χ2v) is 8.56. The quantitative estimate of drug-likeness (QED) is 0.814. The Morgan fingerprint density at radius 2 is 1.68 bits per heavy atom. The molecule has 2 aromatic rings. The van der Waals surface area contributed by atoms with Crippen LogP contribution in [0.15, 0.2) is 47.4 Å². The Balaban J connectivity index is 2.19. The Morgan fingerprint density at radius 1 is 1.08 bits per heavy atom. The number of nitrogens with zero attached hydrogens (tertiary/aromatic N) is 1. The van der Waals surface area contributed by atoms with E-state index in [1.807, 2.05) is 0 Å². The number of rotatable bonds is 5. The molecule has 0 heterocycles. The van der Waals surface area contributed by atoms with Gasteiger partial charge < -0.3 is 5.32 Å². The number of carbonyl (C=O) groups is 1. The normalized spacial score (nSPS) is 11.8. The van der Waals surface area contributed by atoms with Gasteiger partial charge in [-0.3, -0.25) is 4.79 Å². The number of hydrogen-bond acceptors (Lipinski definition) is 3. The zero-order chi connectivity index (χ0) is 18.8. The lowest BCUT2D eigenvalue weighted by Gasteiger charge is -2.21. The highest BCUT2D eigenvalue weighted by Crippen LogP contribution is 2.23. The number of halogens is 2. The van der Waals surface area contributed by atoms with Crippen molar-refractivity contribution in [1.29, 1.82) is 0 Å². The highest BCUT2D eigenvalue weighted by atomic mass is 35.5. The molecular weight excluding hydrogens is 383 g/mol. The highest BCUT2D eigenvalue weighted by Gasteiger charge is 2.23. The van der Waals surface area contributed by atoms with Crippen molar-refractivity contribution >= 4 is 44.8 Å². The standard InChI is InChI=1S/C17H18Cl2N2O3S/c1-11(2)21(3)25(23,24)14-7-5-13(6-8-14)20-17(22)15-9-4-12(18)10-16(15)19/h4-11H,1-3H3,(H,20,22). The third kappa shape index (κ3) is 4.52. The van der Waals surface area contributed by atoms with E-state index in [-0.39, 0.29) is 21.5 Å². The van der Waals surface area contributed by atoms with E-state index >= 15 is 0 Å². The molecule has 0 saturated carbocycles. The van der Waals surface area contributed by atoms with Gasteiger partial charge in [-0.25, -0.2) is 8.42 Å². The number of nitrogens with one attached hydrogen (secondary N) is 1. The molecule has 8 heteroatoms. The molecule has 25 heavy (non-hydrogen) atoms. The molecule has 0 aliphatic carbocycles. The summed E-state index contributed by atoms with van der Waals surface area (Å²) >= 11 is 11.8. The smallest absolute Gasteiger partial charge is 0.257 e. The number of benzene rings is 2. The molecule has 0 radical (unpaired) electrons. The van der Waals surface area contributed by atoms with E-state index in [1.54, 1.807) is 19.9 Å². The maximum atomic E-state index is 12.4. The fraction of sp³-hybridized carbons (Fsp3) is 0.235. The fourth-order valence-corrected chi connectivity index (χ4v) is 3.89. The van der Waals surface area contributed by atoms with Crippen LogP contribution in [0.5, 0.6) is 0 Å². The first-order valence-electron chi connectivity index (χ1n) is 7.47. The minimum absolute atomic E-state index is 0.156. The van der Waals surface area contributed by atoms with Crippen LogP contribution in [-0.2, 0) is 10.0 Å². The Bertz CT molecular complexity index is 881. The summed E-state index contributed by atoms with van der Waals surface area (Å²) in [6.45, 7) is 3.59. The predicted molar refractivity (Wildman–Crippen MR) is 101 cm³/mol. The summed E-state index contributed by atoms with van der Waals surface area (Å²) in [6.07, 6.45) is 0. The van der Waals surface area contributed by atoms with Crippen molar-refractivity contribution in [2.75, 3.05) is 12.4 Å². The Kier molecular flexibility index (Phi) is 6.11. The third-order valence-electron chi connectivity index (χ3n) is 3.69. The van der Waals surface area contributed by atoms with E-state index in [4.69, 9.17) is 23.2 Å². The van der Waals surface area contributed by atoms with Crippen LogP contribution >= 0.6 is 23.2 Å². The van der Waals surface area contributed by atoms with E-state index < -0.39 is 15.9 Å². The van der Waals surface area contributed by atoms with Crippen molar-refractivity contribution < 1.29 is 13.2 Å². The summed E-state index contributed by atoms with van der Waals surface area (Å²) in [5, 5.41) is 3.35. The summed E-state index contributed by atoms with van der Waals surface area (Å²) in [5.74, 6) is -0.406. The molecule has 0 aromatic heterocycles. The Labute approximate surface area is 157 Å². The number of hydrogen-bond donors (Lipinski definition) is 1. The summed E-state index contributed by atoms with van der Waals surface area (Å²) < 4.78 is 26.1. The van der Waals surface area contributed by atoms with Crippen molar-refractivity contribution in [2.45, 2.75) is 24.8 Å². The molecule has 5 nitrogen and oxygen atoms in total. The average Bonchev–Trinajstić information content (AvgIpc) is 2.54.